The summed E-state index contributed by atoms with van der Waals surface area (Å²) in [7, 11) is 0. The van der Waals surface area contributed by atoms with Gasteiger partial charge >= 0.3 is 0 Å². The Balaban J connectivity index is 3.73. The van der Waals surface area contributed by atoms with Crippen LogP contribution in [-0.4, -0.2) is 35.7 Å². The van der Waals surface area contributed by atoms with Crippen LogP contribution in [0.25, 0.3) is 0 Å². The summed E-state index contributed by atoms with van der Waals surface area (Å²) in [6, 6.07) is 0.561. The summed E-state index contributed by atoms with van der Waals surface area (Å²) in [5, 5.41) is 8.73. The third-order valence-electron chi connectivity index (χ3n) is 2.16. The summed E-state index contributed by atoms with van der Waals surface area (Å²) < 4.78 is 0. The third-order valence-corrected chi connectivity index (χ3v) is 2.16. The molecule has 0 aromatic carbocycles. The average molecular weight is 185 g/mol. The molecule has 0 radical (unpaired) electrons. The molecule has 0 saturated carbocycles. The molecule has 0 aromatic rings. The van der Waals surface area contributed by atoms with Gasteiger partial charge in [0.1, 0.15) is 0 Å². The molecule has 0 bridgehead atoms. The van der Waals surface area contributed by atoms with Crippen LogP contribution in [-0.2, 0) is 0 Å². The van der Waals surface area contributed by atoms with Gasteiger partial charge in [0.15, 0.2) is 0 Å². The number of hydrogen-bond acceptors (Lipinski definition) is 2. The monoisotopic (exact) mass is 185 g/mol. The molecule has 0 amide bonds. The molecule has 0 aliphatic rings. The van der Waals surface area contributed by atoms with Gasteiger partial charge in [0.2, 0.25) is 0 Å². The molecule has 0 fully saturated rings. The molecule has 13 heavy (non-hydrogen) atoms. The predicted octanol–water partition coefficient (Wildman–Crippen LogP) is 2.05. The first kappa shape index (κ1) is 12.7. The van der Waals surface area contributed by atoms with Gasteiger partial charge in [0.05, 0.1) is 0 Å². The molecular formula is C11H23NO. The van der Waals surface area contributed by atoms with Gasteiger partial charge in [-0.05, 0) is 33.6 Å². The molecule has 78 valence electrons. The zero-order valence-corrected chi connectivity index (χ0v) is 9.21. The number of rotatable bonds is 7. The Hall–Kier alpha value is -0.340. The van der Waals surface area contributed by atoms with E-state index in [-0.39, 0.29) is 6.61 Å². The highest BCUT2D eigenvalue weighted by Crippen LogP contribution is 2.04. The Labute approximate surface area is 82.3 Å². The van der Waals surface area contributed by atoms with E-state index >= 15 is 0 Å². The summed E-state index contributed by atoms with van der Waals surface area (Å²) in [6.45, 7) is 12.7. The summed E-state index contributed by atoms with van der Waals surface area (Å²) in [4.78, 5) is 2.38. The molecule has 0 aliphatic carbocycles. The molecule has 0 unspecified atom stereocenters. The Bertz CT molecular complexity index is 143. The molecule has 0 rings (SSSR count). The molecule has 0 aliphatic heterocycles. The van der Waals surface area contributed by atoms with Gasteiger partial charge in [-0.25, -0.2) is 0 Å². The maximum Gasteiger partial charge on any atom is 0.0443 e. The van der Waals surface area contributed by atoms with Crippen molar-refractivity contribution in [3.63, 3.8) is 0 Å². The highest BCUT2D eigenvalue weighted by atomic mass is 16.3. The molecular weight excluding hydrogens is 162 g/mol. The van der Waals surface area contributed by atoms with E-state index < -0.39 is 0 Å². The van der Waals surface area contributed by atoms with Gasteiger partial charge in [0.25, 0.3) is 0 Å². The first-order chi connectivity index (χ1) is 6.07. The highest BCUT2D eigenvalue weighted by Gasteiger charge is 2.07. The molecule has 2 heteroatoms. The Morgan fingerprint density at radius 3 is 2.38 bits per heavy atom. The van der Waals surface area contributed by atoms with E-state index in [1.165, 1.54) is 5.57 Å². The molecule has 0 spiro atoms. The van der Waals surface area contributed by atoms with Crippen LogP contribution in [0.5, 0.6) is 0 Å². The zero-order valence-electron chi connectivity index (χ0n) is 9.21. The van der Waals surface area contributed by atoms with Crippen molar-refractivity contribution in [1.82, 2.24) is 4.90 Å². The van der Waals surface area contributed by atoms with Crippen LogP contribution in [0, 0.1) is 0 Å². The summed E-state index contributed by atoms with van der Waals surface area (Å²) in [5.74, 6) is 0. The van der Waals surface area contributed by atoms with E-state index in [9.17, 15) is 0 Å². The minimum Gasteiger partial charge on any atom is -0.396 e. The molecule has 0 aromatic heterocycles. The second-order valence-corrected chi connectivity index (χ2v) is 3.91. The summed E-state index contributed by atoms with van der Waals surface area (Å²) >= 11 is 0. The Morgan fingerprint density at radius 2 is 2.00 bits per heavy atom. The number of aliphatic hydroxyl groups is 1. The standard InChI is InChI=1S/C11H23NO/c1-10(2)6-8-12(11(3)4)7-5-9-13/h11,13H,1,5-9H2,2-4H3. The van der Waals surface area contributed by atoms with Crippen LogP contribution in [0.15, 0.2) is 12.2 Å². The van der Waals surface area contributed by atoms with Crippen molar-refractivity contribution in [2.45, 2.75) is 39.7 Å². The lowest BCUT2D eigenvalue weighted by Gasteiger charge is -2.26. The average Bonchev–Trinajstić information content (AvgIpc) is 2.03. The third kappa shape index (κ3) is 6.79. The topological polar surface area (TPSA) is 23.5 Å². The van der Waals surface area contributed by atoms with E-state index in [0.29, 0.717) is 6.04 Å². The number of hydrogen-bond donors (Lipinski definition) is 1. The van der Waals surface area contributed by atoms with Gasteiger partial charge < -0.3 is 10.0 Å². The van der Waals surface area contributed by atoms with Crippen LogP contribution in [0.1, 0.15) is 33.6 Å². The van der Waals surface area contributed by atoms with Crippen molar-refractivity contribution in [2.24, 2.45) is 0 Å². The molecule has 0 heterocycles. The maximum atomic E-state index is 8.73. The molecule has 0 atom stereocenters. The van der Waals surface area contributed by atoms with Crippen LogP contribution in [0.2, 0.25) is 0 Å². The summed E-state index contributed by atoms with van der Waals surface area (Å²) in [6.07, 6.45) is 1.93. The lowest BCUT2D eigenvalue weighted by atomic mass is 10.2. The molecule has 0 saturated heterocycles. The van der Waals surface area contributed by atoms with E-state index in [1.807, 2.05) is 0 Å². The number of nitrogens with zero attached hydrogens (tertiary/aromatic N) is 1. The lowest BCUT2D eigenvalue weighted by Crippen LogP contribution is -2.33. The minimum atomic E-state index is 0.288. The predicted molar refractivity (Wildman–Crippen MR) is 57.8 cm³/mol. The Morgan fingerprint density at radius 1 is 1.38 bits per heavy atom. The van der Waals surface area contributed by atoms with Crippen molar-refractivity contribution < 1.29 is 5.11 Å². The van der Waals surface area contributed by atoms with Crippen LogP contribution in [0.4, 0.5) is 0 Å². The second kappa shape index (κ2) is 7.10. The van der Waals surface area contributed by atoms with Crippen molar-refractivity contribution in [1.29, 1.82) is 0 Å². The van der Waals surface area contributed by atoms with Crippen LogP contribution in [0.3, 0.4) is 0 Å². The Kier molecular flexibility index (Phi) is 6.92. The van der Waals surface area contributed by atoms with Crippen molar-refractivity contribution in [3.8, 4) is 0 Å². The van der Waals surface area contributed by atoms with Crippen LogP contribution < -0.4 is 0 Å². The zero-order chi connectivity index (χ0) is 10.3. The van der Waals surface area contributed by atoms with Gasteiger partial charge in [-0.3, -0.25) is 0 Å². The van der Waals surface area contributed by atoms with Gasteiger partial charge in [0, 0.05) is 25.7 Å². The normalized spacial score (nSPS) is 11.2. The van der Waals surface area contributed by atoms with E-state index in [1.54, 1.807) is 0 Å². The van der Waals surface area contributed by atoms with E-state index in [2.05, 4.69) is 32.3 Å². The second-order valence-electron chi connectivity index (χ2n) is 3.91. The van der Waals surface area contributed by atoms with Crippen molar-refractivity contribution in [2.75, 3.05) is 19.7 Å². The van der Waals surface area contributed by atoms with E-state index in [4.69, 9.17) is 5.11 Å². The molecule has 1 N–H and O–H groups in total. The van der Waals surface area contributed by atoms with Crippen LogP contribution >= 0.6 is 0 Å². The quantitative estimate of drug-likeness (QED) is 0.614. The smallest absolute Gasteiger partial charge is 0.0443 e. The highest BCUT2D eigenvalue weighted by molar-refractivity contribution is 4.88. The fourth-order valence-electron chi connectivity index (χ4n) is 1.24. The lowest BCUT2D eigenvalue weighted by molar-refractivity contribution is 0.193. The molecule has 2 nitrogen and oxygen atoms in total. The SMILES string of the molecule is C=C(C)CCN(CCCO)C(C)C. The largest absolute Gasteiger partial charge is 0.396 e. The van der Waals surface area contributed by atoms with Crippen molar-refractivity contribution in [3.05, 3.63) is 12.2 Å². The minimum absolute atomic E-state index is 0.288. The first-order valence-corrected chi connectivity index (χ1v) is 5.07. The number of aliphatic hydroxyl groups excluding tert-OH is 1. The van der Waals surface area contributed by atoms with Gasteiger partial charge in [-0.1, -0.05) is 5.57 Å². The van der Waals surface area contributed by atoms with Gasteiger partial charge in [-0.15, -0.1) is 6.58 Å². The van der Waals surface area contributed by atoms with Gasteiger partial charge in [-0.2, -0.15) is 0 Å². The maximum absolute atomic E-state index is 8.73. The van der Waals surface area contributed by atoms with E-state index in [0.717, 1.165) is 25.9 Å². The fraction of sp³-hybridized carbons (Fsp3) is 0.818. The summed E-state index contributed by atoms with van der Waals surface area (Å²) in [5.41, 5.74) is 1.23. The fourth-order valence-corrected chi connectivity index (χ4v) is 1.24. The first-order valence-electron chi connectivity index (χ1n) is 5.07. The van der Waals surface area contributed by atoms with Crippen molar-refractivity contribution >= 4 is 0 Å².